The maximum Gasteiger partial charge on any atom is 0.268 e. The Morgan fingerprint density at radius 1 is 1.07 bits per heavy atom. The number of anilines is 1. The van der Waals surface area contributed by atoms with Gasteiger partial charge < -0.3 is 5.32 Å². The number of hydrogen-bond donors (Lipinski definition) is 1. The SMILES string of the molecule is CCc1ccc(NC(=O)CN2C(=O)C(C)=C(c3ccc(F)cc3)S2(=O)=O)cc1. The third-order valence-electron chi connectivity index (χ3n) is 4.48. The number of carbonyl (C=O) groups excluding carboxylic acids is 2. The van der Waals surface area contributed by atoms with Crippen LogP contribution in [0.3, 0.4) is 0 Å². The largest absolute Gasteiger partial charge is 0.325 e. The Hall–Kier alpha value is -3.00. The van der Waals surface area contributed by atoms with Gasteiger partial charge in [-0.15, -0.1) is 0 Å². The van der Waals surface area contributed by atoms with Gasteiger partial charge in [0, 0.05) is 11.3 Å². The summed E-state index contributed by atoms with van der Waals surface area (Å²) in [7, 11) is -4.21. The molecule has 0 bridgehead atoms. The van der Waals surface area contributed by atoms with Crippen LogP contribution in [0.15, 0.2) is 54.1 Å². The quantitative estimate of drug-likeness (QED) is 0.834. The van der Waals surface area contributed by atoms with Gasteiger partial charge in [-0.1, -0.05) is 31.2 Å². The normalized spacial score (nSPS) is 15.8. The zero-order chi connectivity index (χ0) is 20.5. The van der Waals surface area contributed by atoms with Gasteiger partial charge in [0.25, 0.3) is 15.9 Å². The smallest absolute Gasteiger partial charge is 0.268 e. The second kappa shape index (κ2) is 7.55. The van der Waals surface area contributed by atoms with E-state index in [1.165, 1.54) is 19.1 Å². The van der Waals surface area contributed by atoms with E-state index < -0.39 is 34.2 Å². The van der Waals surface area contributed by atoms with E-state index in [0.717, 1.165) is 24.1 Å². The molecule has 0 aromatic heterocycles. The summed E-state index contributed by atoms with van der Waals surface area (Å²) in [5.74, 6) is -1.92. The molecule has 2 amide bonds. The molecule has 28 heavy (non-hydrogen) atoms. The molecular formula is C20H19FN2O4S. The van der Waals surface area contributed by atoms with Crippen LogP contribution in [0.5, 0.6) is 0 Å². The van der Waals surface area contributed by atoms with Gasteiger partial charge in [-0.25, -0.2) is 17.1 Å². The third-order valence-corrected chi connectivity index (χ3v) is 6.41. The minimum atomic E-state index is -4.21. The summed E-state index contributed by atoms with van der Waals surface area (Å²) in [6.07, 6.45) is 0.853. The first-order chi connectivity index (χ1) is 13.2. The molecule has 1 N–H and O–H groups in total. The maximum atomic E-state index is 13.1. The van der Waals surface area contributed by atoms with Crippen molar-refractivity contribution in [3.8, 4) is 0 Å². The molecule has 1 aliphatic rings. The van der Waals surface area contributed by atoms with Crippen LogP contribution in [0.2, 0.25) is 0 Å². The third kappa shape index (κ3) is 3.68. The Labute approximate surface area is 162 Å². The lowest BCUT2D eigenvalue weighted by molar-refractivity contribution is -0.126. The van der Waals surface area contributed by atoms with Crippen LogP contribution in [-0.2, 0) is 26.0 Å². The van der Waals surface area contributed by atoms with Crippen molar-refractivity contribution in [3.05, 3.63) is 71.0 Å². The van der Waals surface area contributed by atoms with Crippen molar-refractivity contribution in [1.82, 2.24) is 4.31 Å². The number of rotatable bonds is 5. The Morgan fingerprint density at radius 2 is 1.68 bits per heavy atom. The second-order valence-electron chi connectivity index (χ2n) is 6.38. The van der Waals surface area contributed by atoms with E-state index in [2.05, 4.69) is 5.32 Å². The molecular weight excluding hydrogens is 383 g/mol. The van der Waals surface area contributed by atoms with Crippen LogP contribution in [0.25, 0.3) is 4.91 Å². The summed E-state index contributed by atoms with van der Waals surface area (Å²) in [4.78, 5) is 24.6. The summed E-state index contributed by atoms with van der Waals surface area (Å²) in [5.41, 5.74) is 1.80. The highest BCUT2D eigenvalue weighted by molar-refractivity contribution is 7.99. The monoisotopic (exact) mass is 402 g/mol. The van der Waals surface area contributed by atoms with Crippen molar-refractivity contribution in [2.75, 3.05) is 11.9 Å². The molecule has 0 radical (unpaired) electrons. The Balaban J connectivity index is 1.80. The van der Waals surface area contributed by atoms with Crippen LogP contribution >= 0.6 is 0 Å². The minimum absolute atomic E-state index is 0.00768. The highest BCUT2D eigenvalue weighted by atomic mass is 32.2. The van der Waals surface area contributed by atoms with Gasteiger partial charge in [-0.05, 0) is 48.7 Å². The van der Waals surface area contributed by atoms with Crippen LogP contribution in [0.4, 0.5) is 10.1 Å². The molecule has 2 aromatic carbocycles. The van der Waals surface area contributed by atoms with E-state index in [1.807, 2.05) is 19.1 Å². The summed E-state index contributed by atoms with van der Waals surface area (Å²) in [6.45, 7) is 2.74. The topological polar surface area (TPSA) is 83.6 Å². The lowest BCUT2D eigenvalue weighted by Gasteiger charge is -2.16. The molecule has 0 unspecified atom stereocenters. The molecule has 1 heterocycles. The zero-order valence-corrected chi connectivity index (χ0v) is 16.2. The van der Waals surface area contributed by atoms with E-state index >= 15 is 0 Å². The van der Waals surface area contributed by atoms with Gasteiger partial charge in [0.1, 0.15) is 17.3 Å². The number of nitrogens with zero attached hydrogens (tertiary/aromatic N) is 1. The molecule has 6 nitrogen and oxygen atoms in total. The van der Waals surface area contributed by atoms with Crippen molar-refractivity contribution in [3.63, 3.8) is 0 Å². The molecule has 0 saturated heterocycles. The molecule has 8 heteroatoms. The lowest BCUT2D eigenvalue weighted by Crippen LogP contribution is -2.38. The van der Waals surface area contributed by atoms with Crippen molar-refractivity contribution in [2.24, 2.45) is 0 Å². The average molecular weight is 402 g/mol. The van der Waals surface area contributed by atoms with Crippen molar-refractivity contribution in [1.29, 1.82) is 0 Å². The van der Waals surface area contributed by atoms with E-state index in [0.29, 0.717) is 9.99 Å². The van der Waals surface area contributed by atoms with Crippen molar-refractivity contribution in [2.45, 2.75) is 20.3 Å². The van der Waals surface area contributed by atoms with E-state index in [9.17, 15) is 22.4 Å². The summed E-state index contributed by atoms with van der Waals surface area (Å²) in [5, 5.41) is 2.59. The Kier molecular flexibility index (Phi) is 5.33. The van der Waals surface area contributed by atoms with Gasteiger partial charge in [-0.2, -0.15) is 0 Å². The Morgan fingerprint density at radius 3 is 2.25 bits per heavy atom. The van der Waals surface area contributed by atoms with Crippen LogP contribution in [0.1, 0.15) is 25.0 Å². The number of sulfonamides is 1. The summed E-state index contributed by atoms with van der Waals surface area (Å²) in [6, 6.07) is 11.9. The summed E-state index contributed by atoms with van der Waals surface area (Å²) >= 11 is 0. The van der Waals surface area contributed by atoms with Crippen molar-refractivity contribution < 1.29 is 22.4 Å². The first kappa shape index (κ1) is 19.8. The van der Waals surface area contributed by atoms with Gasteiger partial charge in [0.2, 0.25) is 5.91 Å². The van der Waals surface area contributed by atoms with Gasteiger partial charge in [0.15, 0.2) is 0 Å². The standard InChI is InChI=1S/C20H19FN2O4S/c1-3-14-4-10-17(11-5-14)22-18(24)12-23-20(25)13(2)19(28(23,26)27)15-6-8-16(21)9-7-15/h4-11H,3,12H2,1-2H3,(H,22,24). The number of amides is 2. The zero-order valence-electron chi connectivity index (χ0n) is 15.4. The number of nitrogens with one attached hydrogen (secondary N) is 1. The molecule has 0 spiro atoms. The molecule has 146 valence electrons. The molecule has 2 aromatic rings. The van der Waals surface area contributed by atoms with Crippen LogP contribution in [0, 0.1) is 5.82 Å². The highest BCUT2D eigenvalue weighted by Crippen LogP contribution is 2.35. The first-order valence-electron chi connectivity index (χ1n) is 8.66. The average Bonchev–Trinajstić information content (AvgIpc) is 2.83. The molecule has 0 atom stereocenters. The minimum Gasteiger partial charge on any atom is -0.325 e. The fourth-order valence-electron chi connectivity index (χ4n) is 2.98. The second-order valence-corrected chi connectivity index (χ2v) is 8.18. The fourth-order valence-corrected chi connectivity index (χ4v) is 4.75. The van der Waals surface area contributed by atoms with Gasteiger partial charge in [0.05, 0.1) is 0 Å². The van der Waals surface area contributed by atoms with Gasteiger partial charge >= 0.3 is 0 Å². The lowest BCUT2D eigenvalue weighted by atomic mass is 10.1. The molecule has 0 aliphatic carbocycles. The summed E-state index contributed by atoms with van der Waals surface area (Å²) < 4.78 is 39.4. The molecule has 0 fully saturated rings. The van der Waals surface area contributed by atoms with Gasteiger partial charge in [-0.3, -0.25) is 9.59 Å². The maximum absolute atomic E-state index is 13.1. The first-order valence-corrected chi connectivity index (χ1v) is 10.1. The highest BCUT2D eigenvalue weighted by Gasteiger charge is 2.43. The van der Waals surface area contributed by atoms with E-state index in [4.69, 9.17) is 0 Å². The fraction of sp³-hybridized carbons (Fsp3) is 0.200. The number of halogens is 1. The van der Waals surface area contributed by atoms with E-state index in [1.54, 1.807) is 12.1 Å². The predicted octanol–water partition coefficient (Wildman–Crippen LogP) is 2.93. The molecule has 0 saturated carbocycles. The van der Waals surface area contributed by atoms with Crippen LogP contribution in [-0.4, -0.2) is 31.1 Å². The molecule has 1 aliphatic heterocycles. The number of hydrogen-bond acceptors (Lipinski definition) is 4. The predicted molar refractivity (Wildman–Crippen MR) is 104 cm³/mol. The Bertz CT molecular complexity index is 1060. The number of benzene rings is 2. The number of carbonyl (C=O) groups is 2. The van der Waals surface area contributed by atoms with Crippen molar-refractivity contribution >= 4 is 32.4 Å². The molecule has 3 rings (SSSR count). The number of aryl methyl sites for hydroxylation is 1. The van der Waals surface area contributed by atoms with Crippen LogP contribution < -0.4 is 5.32 Å². The van der Waals surface area contributed by atoms with E-state index in [-0.39, 0.29) is 16.0 Å².